The third kappa shape index (κ3) is 3.38. The molecule has 0 fully saturated rings. The summed E-state index contributed by atoms with van der Waals surface area (Å²) in [5.41, 5.74) is 2.53. The Morgan fingerprint density at radius 1 is 1.15 bits per heavy atom. The Kier molecular flexibility index (Phi) is 4.10. The molecule has 5 nitrogen and oxygen atoms in total. The number of fused-ring (bicyclic) bond motifs is 1. The van der Waals surface area contributed by atoms with Gasteiger partial charge in [-0.3, -0.25) is 4.79 Å². The minimum Gasteiger partial charge on any atom is -0.444 e. The first-order valence-corrected chi connectivity index (χ1v) is 8.18. The number of anilines is 1. The highest BCUT2D eigenvalue weighted by Gasteiger charge is 2.30. The average molecular weight is 373 g/mol. The van der Waals surface area contributed by atoms with E-state index in [4.69, 9.17) is 4.42 Å². The molecule has 138 valence electrons. The number of nitrogens with one attached hydrogen (secondary N) is 2. The summed E-state index contributed by atoms with van der Waals surface area (Å²) in [7, 11) is 0. The summed E-state index contributed by atoms with van der Waals surface area (Å²) >= 11 is 0. The Morgan fingerprint density at radius 3 is 2.67 bits per heavy atom. The maximum Gasteiger partial charge on any atom is 0.416 e. The predicted molar refractivity (Wildman–Crippen MR) is 91.9 cm³/mol. The smallest absolute Gasteiger partial charge is 0.416 e. The van der Waals surface area contributed by atoms with Crippen molar-refractivity contribution in [3.63, 3.8) is 0 Å². The lowest BCUT2D eigenvalue weighted by Gasteiger charge is -2.08. The van der Waals surface area contributed by atoms with Crippen LogP contribution in [0.15, 0.2) is 53.1 Å². The highest BCUT2D eigenvalue weighted by Crippen LogP contribution is 2.31. The quantitative estimate of drug-likeness (QED) is 0.719. The second-order valence-corrected chi connectivity index (χ2v) is 6.10. The van der Waals surface area contributed by atoms with Crippen molar-refractivity contribution >= 4 is 11.6 Å². The molecule has 3 aromatic rings. The number of benzene rings is 2. The molecule has 2 N–H and O–H groups in total. The largest absolute Gasteiger partial charge is 0.444 e. The van der Waals surface area contributed by atoms with Crippen molar-refractivity contribution in [1.29, 1.82) is 0 Å². The van der Waals surface area contributed by atoms with Crippen LogP contribution in [-0.2, 0) is 19.3 Å². The Bertz CT molecular complexity index is 994. The standard InChI is InChI=1S/C19H14F3N3O2/c20-19(21,22)13-6-4-11(5-7-13)18-25-14(10-27-18)9-23-15-3-1-2-12-8-24-17(26)16(12)15/h1-7,10,23H,8-9H2,(H,24,26). The number of oxazole rings is 1. The van der Waals surface area contributed by atoms with Crippen molar-refractivity contribution in [3.05, 3.63) is 71.1 Å². The maximum absolute atomic E-state index is 12.6. The third-order valence-electron chi connectivity index (χ3n) is 4.29. The molecule has 8 heteroatoms. The molecule has 2 heterocycles. The summed E-state index contributed by atoms with van der Waals surface area (Å²) in [4.78, 5) is 16.2. The Balaban J connectivity index is 1.48. The van der Waals surface area contributed by atoms with E-state index in [9.17, 15) is 18.0 Å². The van der Waals surface area contributed by atoms with Gasteiger partial charge in [-0.05, 0) is 35.9 Å². The highest BCUT2D eigenvalue weighted by molar-refractivity contribution is 6.03. The number of carbonyl (C=O) groups excluding carboxylic acids is 1. The van der Waals surface area contributed by atoms with Gasteiger partial charge in [-0.1, -0.05) is 12.1 Å². The fourth-order valence-electron chi connectivity index (χ4n) is 2.94. The molecule has 0 saturated carbocycles. The summed E-state index contributed by atoms with van der Waals surface area (Å²) in [5.74, 6) is 0.107. The molecular weight excluding hydrogens is 359 g/mol. The Labute approximate surface area is 152 Å². The number of nitrogens with zero attached hydrogens (tertiary/aromatic N) is 1. The van der Waals surface area contributed by atoms with E-state index in [0.29, 0.717) is 35.6 Å². The minimum absolute atomic E-state index is 0.126. The molecule has 2 aromatic carbocycles. The molecule has 0 unspecified atom stereocenters. The number of alkyl halides is 3. The number of carbonyl (C=O) groups is 1. The first-order valence-electron chi connectivity index (χ1n) is 8.18. The van der Waals surface area contributed by atoms with Gasteiger partial charge in [-0.25, -0.2) is 4.98 Å². The lowest BCUT2D eigenvalue weighted by Crippen LogP contribution is -2.14. The summed E-state index contributed by atoms with van der Waals surface area (Å²) in [6.07, 6.45) is -2.95. The number of rotatable bonds is 4. The highest BCUT2D eigenvalue weighted by atomic mass is 19.4. The first-order chi connectivity index (χ1) is 12.9. The molecular formula is C19H14F3N3O2. The normalized spacial score (nSPS) is 13.4. The van der Waals surface area contributed by atoms with E-state index < -0.39 is 11.7 Å². The zero-order valence-corrected chi connectivity index (χ0v) is 13.9. The first kappa shape index (κ1) is 17.1. The van der Waals surface area contributed by atoms with Crippen molar-refractivity contribution in [3.8, 4) is 11.5 Å². The van der Waals surface area contributed by atoms with Crippen LogP contribution in [0.2, 0.25) is 0 Å². The second-order valence-electron chi connectivity index (χ2n) is 6.10. The molecule has 1 amide bonds. The van der Waals surface area contributed by atoms with Gasteiger partial charge in [0.15, 0.2) is 0 Å². The van der Waals surface area contributed by atoms with Crippen LogP contribution in [0.3, 0.4) is 0 Å². The zero-order chi connectivity index (χ0) is 19.0. The average Bonchev–Trinajstić information content (AvgIpc) is 3.27. The number of hydrogen-bond donors (Lipinski definition) is 2. The van der Waals surface area contributed by atoms with Gasteiger partial charge in [0, 0.05) is 17.8 Å². The summed E-state index contributed by atoms with van der Waals surface area (Å²) in [6, 6.07) is 10.2. The summed E-state index contributed by atoms with van der Waals surface area (Å²) in [6.45, 7) is 0.819. The van der Waals surface area contributed by atoms with Gasteiger partial charge in [-0.15, -0.1) is 0 Å². The Hall–Kier alpha value is -3.29. The maximum atomic E-state index is 12.6. The van der Waals surface area contributed by atoms with Crippen molar-refractivity contribution in [2.24, 2.45) is 0 Å². The molecule has 0 saturated heterocycles. The van der Waals surface area contributed by atoms with Crippen molar-refractivity contribution in [2.45, 2.75) is 19.3 Å². The number of aromatic nitrogens is 1. The topological polar surface area (TPSA) is 67.2 Å². The zero-order valence-electron chi connectivity index (χ0n) is 13.9. The second kappa shape index (κ2) is 6.46. The molecule has 0 radical (unpaired) electrons. The molecule has 27 heavy (non-hydrogen) atoms. The van der Waals surface area contributed by atoms with E-state index in [1.54, 1.807) is 6.07 Å². The van der Waals surface area contributed by atoms with Gasteiger partial charge < -0.3 is 15.1 Å². The summed E-state index contributed by atoms with van der Waals surface area (Å²) < 4.78 is 43.3. The molecule has 0 bridgehead atoms. The number of amides is 1. The van der Waals surface area contributed by atoms with E-state index in [0.717, 1.165) is 17.7 Å². The number of halogens is 3. The van der Waals surface area contributed by atoms with Crippen LogP contribution in [0, 0.1) is 0 Å². The van der Waals surface area contributed by atoms with Crippen LogP contribution in [0.25, 0.3) is 11.5 Å². The van der Waals surface area contributed by atoms with Gasteiger partial charge in [0.1, 0.15) is 6.26 Å². The monoisotopic (exact) mass is 373 g/mol. The van der Waals surface area contributed by atoms with E-state index in [1.807, 2.05) is 12.1 Å². The fourth-order valence-corrected chi connectivity index (χ4v) is 2.94. The van der Waals surface area contributed by atoms with Crippen LogP contribution < -0.4 is 10.6 Å². The van der Waals surface area contributed by atoms with Gasteiger partial charge in [0.05, 0.1) is 23.4 Å². The fraction of sp³-hybridized carbons (Fsp3) is 0.158. The molecule has 1 aliphatic heterocycles. The molecule has 0 spiro atoms. The van der Waals surface area contributed by atoms with Crippen molar-refractivity contribution in [2.75, 3.05) is 5.32 Å². The third-order valence-corrected chi connectivity index (χ3v) is 4.29. The molecule has 0 atom stereocenters. The number of hydrogen-bond acceptors (Lipinski definition) is 4. The van der Waals surface area contributed by atoms with Crippen LogP contribution >= 0.6 is 0 Å². The lowest BCUT2D eigenvalue weighted by molar-refractivity contribution is -0.137. The van der Waals surface area contributed by atoms with Crippen molar-refractivity contribution < 1.29 is 22.4 Å². The van der Waals surface area contributed by atoms with Crippen LogP contribution in [0.1, 0.15) is 27.2 Å². The molecule has 1 aromatic heterocycles. The van der Waals surface area contributed by atoms with E-state index >= 15 is 0 Å². The van der Waals surface area contributed by atoms with Crippen LogP contribution in [-0.4, -0.2) is 10.9 Å². The Morgan fingerprint density at radius 2 is 1.93 bits per heavy atom. The molecule has 4 rings (SSSR count). The van der Waals surface area contributed by atoms with Gasteiger partial charge >= 0.3 is 6.18 Å². The van der Waals surface area contributed by atoms with Gasteiger partial charge in [-0.2, -0.15) is 13.2 Å². The summed E-state index contributed by atoms with van der Waals surface area (Å²) in [5, 5.41) is 5.92. The predicted octanol–water partition coefficient (Wildman–Crippen LogP) is 4.22. The molecule has 0 aliphatic carbocycles. The van der Waals surface area contributed by atoms with E-state index in [1.165, 1.54) is 18.4 Å². The van der Waals surface area contributed by atoms with Gasteiger partial charge in [0.2, 0.25) is 5.89 Å². The molecule has 1 aliphatic rings. The van der Waals surface area contributed by atoms with Gasteiger partial charge in [0.25, 0.3) is 5.91 Å². The van der Waals surface area contributed by atoms with Crippen LogP contribution in [0.4, 0.5) is 18.9 Å². The van der Waals surface area contributed by atoms with Crippen LogP contribution in [0.5, 0.6) is 0 Å². The van der Waals surface area contributed by atoms with Crippen molar-refractivity contribution in [1.82, 2.24) is 10.3 Å². The SMILES string of the molecule is O=C1NCc2cccc(NCc3coc(-c4ccc(C(F)(F)F)cc4)n3)c21. The minimum atomic E-state index is -4.38. The lowest BCUT2D eigenvalue weighted by atomic mass is 10.1. The van der Waals surface area contributed by atoms with E-state index in [2.05, 4.69) is 15.6 Å². The van der Waals surface area contributed by atoms with E-state index in [-0.39, 0.29) is 11.8 Å².